The highest BCUT2D eigenvalue weighted by molar-refractivity contribution is 5.76. The molecule has 0 saturated heterocycles. The van der Waals surface area contributed by atoms with Gasteiger partial charge in [0.05, 0.1) is 20.8 Å². The van der Waals surface area contributed by atoms with Gasteiger partial charge in [-0.3, -0.25) is 4.79 Å². The van der Waals surface area contributed by atoms with Gasteiger partial charge in [-0.05, 0) is 13.8 Å². The fourth-order valence-electron chi connectivity index (χ4n) is 1.86. The van der Waals surface area contributed by atoms with Crippen molar-refractivity contribution >= 4 is 5.97 Å². The summed E-state index contributed by atoms with van der Waals surface area (Å²) >= 11 is 0. The molecule has 0 spiro atoms. The van der Waals surface area contributed by atoms with Crippen LogP contribution in [0.3, 0.4) is 0 Å². The van der Waals surface area contributed by atoms with Crippen LogP contribution in [0.1, 0.15) is 25.6 Å². The molecular formula is C12H19N3O6. The van der Waals surface area contributed by atoms with Crippen molar-refractivity contribution in [2.24, 2.45) is 0 Å². The Kier molecular flexibility index (Phi) is 5.79. The molecule has 0 bridgehead atoms. The van der Waals surface area contributed by atoms with Gasteiger partial charge in [-0.25, -0.2) is 0 Å². The molecule has 0 amide bonds. The van der Waals surface area contributed by atoms with Crippen LogP contribution in [0, 0.1) is 0 Å². The second-order valence-electron chi connectivity index (χ2n) is 4.34. The Labute approximate surface area is 121 Å². The maximum Gasteiger partial charge on any atom is 0.322 e. The summed E-state index contributed by atoms with van der Waals surface area (Å²) in [6.45, 7) is 2.87. The van der Waals surface area contributed by atoms with Gasteiger partial charge in [0.2, 0.25) is 0 Å². The van der Waals surface area contributed by atoms with Crippen LogP contribution < -0.4 is 9.47 Å². The quantitative estimate of drug-likeness (QED) is 0.674. The molecule has 0 fully saturated rings. The summed E-state index contributed by atoms with van der Waals surface area (Å²) in [5, 5.41) is 19.0. The first-order chi connectivity index (χ1) is 9.91. The van der Waals surface area contributed by atoms with E-state index in [1.807, 2.05) is 0 Å². The second-order valence-corrected chi connectivity index (χ2v) is 4.34. The van der Waals surface area contributed by atoms with Crippen molar-refractivity contribution in [3.8, 4) is 12.0 Å². The Morgan fingerprint density at radius 1 is 1.24 bits per heavy atom. The highest BCUT2D eigenvalue weighted by atomic mass is 16.5. The zero-order chi connectivity index (χ0) is 16.0. The number of nitrogens with zero attached hydrogens (tertiary/aromatic N) is 3. The molecule has 0 radical (unpaired) electrons. The molecule has 2 N–H and O–H groups in total. The van der Waals surface area contributed by atoms with E-state index in [0.29, 0.717) is 0 Å². The first-order valence-electron chi connectivity index (χ1n) is 6.23. The van der Waals surface area contributed by atoms with Gasteiger partial charge in [0.1, 0.15) is 11.5 Å². The number of carbonyl (C=O) groups is 1. The fraction of sp³-hybridized carbons (Fsp3) is 0.667. The minimum absolute atomic E-state index is 0.0834. The van der Waals surface area contributed by atoms with E-state index >= 15 is 0 Å². The summed E-state index contributed by atoms with van der Waals surface area (Å²) in [5.41, 5.74) is -1.39. The van der Waals surface area contributed by atoms with Gasteiger partial charge >= 0.3 is 18.0 Å². The topological polar surface area (TPSA) is 124 Å². The zero-order valence-corrected chi connectivity index (χ0v) is 12.4. The van der Waals surface area contributed by atoms with Crippen LogP contribution in [-0.4, -0.2) is 64.2 Å². The lowest BCUT2D eigenvalue weighted by atomic mass is 9.88. The largest absolute Gasteiger partial charge is 0.481 e. The van der Waals surface area contributed by atoms with Crippen molar-refractivity contribution in [3.05, 3.63) is 5.82 Å². The Hall–Kier alpha value is -2.00. The van der Waals surface area contributed by atoms with Gasteiger partial charge in [-0.15, -0.1) is 4.98 Å². The molecule has 2 unspecified atom stereocenters. The fourth-order valence-corrected chi connectivity index (χ4v) is 1.86. The minimum Gasteiger partial charge on any atom is -0.481 e. The van der Waals surface area contributed by atoms with E-state index in [2.05, 4.69) is 15.0 Å². The number of hydrogen-bond acceptors (Lipinski definition) is 8. The summed E-state index contributed by atoms with van der Waals surface area (Å²) in [5.74, 6) is -2.67. The molecule has 21 heavy (non-hydrogen) atoms. The molecule has 2 atom stereocenters. The van der Waals surface area contributed by atoms with E-state index in [9.17, 15) is 15.0 Å². The number of aromatic nitrogens is 3. The maximum atomic E-state index is 11.6. The third-order valence-electron chi connectivity index (χ3n) is 2.88. The molecule has 0 aliphatic rings. The number of aliphatic carboxylic acids is 1. The predicted molar refractivity (Wildman–Crippen MR) is 70.4 cm³/mol. The smallest absolute Gasteiger partial charge is 0.322 e. The van der Waals surface area contributed by atoms with Crippen LogP contribution in [0.4, 0.5) is 0 Å². The maximum absolute atomic E-state index is 11.6. The van der Waals surface area contributed by atoms with E-state index in [-0.39, 0.29) is 24.5 Å². The lowest BCUT2D eigenvalue weighted by Gasteiger charge is -2.32. The molecule has 0 aliphatic carbocycles. The van der Waals surface area contributed by atoms with E-state index in [1.54, 1.807) is 6.92 Å². The molecule has 9 heteroatoms. The van der Waals surface area contributed by atoms with Crippen LogP contribution in [0.5, 0.6) is 12.0 Å². The highest BCUT2D eigenvalue weighted by Crippen LogP contribution is 2.31. The van der Waals surface area contributed by atoms with Gasteiger partial charge in [0.25, 0.3) is 0 Å². The first kappa shape index (κ1) is 17.1. The highest BCUT2D eigenvalue weighted by Gasteiger charge is 2.43. The van der Waals surface area contributed by atoms with Gasteiger partial charge in [-0.1, -0.05) is 0 Å². The Morgan fingerprint density at radius 2 is 1.76 bits per heavy atom. The number of carboxylic acid groups (broad SMARTS) is 1. The Bertz CT molecular complexity index is 476. The van der Waals surface area contributed by atoms with E-state index in [1.165, 1.54) is 21.1 Å². The molecule has 0 aromatic carbocycles. The minimum atomic E-state index is -1.39. The molecule has 1 rings (SSSR count). The summed E-state index contributed by atoms with van der Waals surface area (Å²) in [6, 6.07) is -0.167. The number of rotatable bonds is 8. The monoisotopic (exact) mass is 301 g/mol. The number of aliphatic hydroxyl groups is 1. The molecule has 9 nitrogen and oxygen atoms in total. The summed E-state index contributed by atoms with van der Waals surface area (Å²) in [7, 11) is 2.67. The summed E-state index contributed by atoms with van der Waals surface area (Å²) in [6.07, 6.45) is 0. The summed E-state index contributed by atoms with van der Waals surface area (Å²) < 4.78 is 15.2. The van der Waals surface area contributed by atoms with Crippen molar-refractivity contribution < 1.29 is 29.2 Å². The summed E-state index contributed by atoms with van der Waals surface area (Å²) in [4.78, 5) is 23.3. The molecule has 1 heterocycles. The van der Waals surface area contributed by atoms with Crippen LogP contribution in [0.25, 0.3) is 0 Å². The normalized spacial score (nSPS) is 15.1. The SMILES string of the molecule is CCOC(C)(CO)C(C(=O)O)c1nc(OC)nc(OC)n1. The number of methoxy groups -OCH3 is 2. The van der Waals surface area contributed by atoms with Crippen LogP contribution in [0.2, 0.25) is 0 Å². The van der Waals surface area contributed by atoms with E-state index in [0.717, 1.165) is 0 Å². The van der Waals surface area contributed by atoms with Crippen molar-refractivity contribution in [3.63, 3.8) is 0 Å². The third kappa shape index (κ3) is 3.76. The number of ether oxygens (including phenoxy) is 3. The van der Waals surface area contributed by atoms with Crippen molar-refractivity contribution in [1.29, 1.82) is 0 Å². The number of carboxylic acids is 1. The zero-order valence-electron chi connectivity index (χ0n) is 12.4. The number of aliphatic hydroxyl groups excluding tert-OH is 1. The second kappa shape index (κ2) is 7.14. The molecule has 1 aromatic heterocycles. The van der Waals surface area contributed by atoms with Crippen molar-refractivity contribution in [2.75, 3.05) is 27.4 Å². The standard InChI is InChI=1S/C12H19N3O6/c1-5-21-12(2,6-16)7(9(17)18)8-13-10(19-3)15-11(14-8)20-4/h7,16H,5-6H2,1-4H3,(H,17,18). The Morgan fingerprint density at radius 3 is 2.10 bits per heavy atom. The third-order valence-corrected chi connectivity index (χ3v) is 2.88. The molecule has 1 aromatic rings. The van der Waals surface area contributed by atoms with Crippen molar-refractivity contribution in [2.45, 2.75) is 25.4 Å². The molecule has 118 valence electrons. The van der Waals surface area contributed by atoms with Crippen LogP contribution in [0.15, 0.2) is 0 Å². The van der Waals surface area contributed by atoms with Crippen molar-refractivity contribution in [1.82, 2.24) is 15.0 Å². The molecule has 0 aliphatic heterocycles. The average molecular weight is 301 g/mol. The average Bonchev–Trinajstić information content (AvgIpc) is 2.46. The van der Waals surface area contributed by atoms with Gasteiger partial charge < -0.3 is 24.4 Å². The van der Waals surface area contributed by atoms with E-state index < -0.39 is 24.1 Å². The first-order valence-corrected chi connectivity index (χ1v) is 6.23. The lowest BCUT2D eigenvalue weighted by molar-refractivity contribution is -0.152. The van der Waals surface area contributed by atoms with Gasteiger partial charge in [0, 0.05) is 6.61 Å². The molecular weight excluding hydrogens is 282 g/mol. The van der Waals surface area contributed by atoms with E-state index in [4.69, 9.17) is 14.2 Å². The van der Waals surface area contributed by atoms with Crippen LogP contribution in [-0.2, 0) is 9.53 Å². The lowest BCUT2D eigenvalue weighted by Crippen LogP contribution is -2.44. The number of hydrogen-bond donors (Lipinski definition) is 2. The van der Waals surface area contributed by atoms with Gasteiger partial charge in [-0.2, -0.15) is 9.97 Å². The predicted octanol–water partition coefficient (Wildman–Crippen LogP) is -0.156. The molecule has 0 saturated carbocycles. The van der Waals surface area contributed by atoms with Gasteiger partial charge in [0.15, 0.2) is 5.82 Å². The Balaban J connectivity index is 3.37. The van der Waals surface area contributed by atoms with Crippen LogP contribution >= 0.6 is 0 Å².